The molecule has 2 N–H and O–H groups in total. The number of carboxylic acids is 1. The van der Waals surface area contributed by atoms with Gasteiger partial charge in [-0.25, -0.2) is 9.79 Å². The van der Waals surface area contributed by atoms with Gasteiger partial charge < -0.3 is 19.6 Å². The summed E-state index contributed by atoms with van der Waals surface area (Å²) in [6.45, 7) is 5.68. The van der Waals surface area contributed by atoms with Gasteiger partial charge in [0.05, 0.1) is 39.5 Å². The minimum absolute atomic E-state index is 0.0666. The summed E-state index contributed by atoms with van der Waals surface area (Å²) in [5.41, 5.74) is 4.34. The van der Waals surface area contributed by atoms with Crippen molar-refractivity contribution < 1.29 is 23.8 Å². The van der Waals surface area contributed by atoms with E-state index in [9.17, 15) is 19.5 Å². The van der Waals surface area contributed by atoms with Crippen molar-refractivity contribution in [3.05, 3.63) is 137 Å². The molecule has 1 aliphatic heterocycles. The van der Waals surface area contributed by atoms with Gasteiger partial charge in [0.15, 0.2) is 4.80 Å². The zero-order chi connectivity index (χ0) is 32.7. The molecule has 3 heterocycles. The molecule has 2 aromatic heterocycles. The highest BCUT2D eigenvalue weighted by Crippen LogP contribution is 2.33. The highest BCUT2D eigenvalue weighted by molar-refractivity contribution is 7.07. The fourth-order valence-electron chi connectivity index (χ4n) is 5.41. The molecule has 3 aromatic carbocycles. The number of amides is 1. The summed E-state index contributed by atoms with van der Waals surface area (Å²) in [5, 5.41) is 12.7. The molecular formula is C35H28ClN3O6S. The predicted molar refractivity (Wildman–Crippen MR) is 177 cm³/mol. The number of aromatic carboxylic acids is 1. The molecule has 6 rings (SSSR count). The van der Waals surface area contributed by atoms with Crippen molar-refractivity contribution >= 4 is 46.6 Å². The smallest absolute Gasteiger partial charge is 0.335 e. The Morgan fingerprint density at radius 2 is 1.80 bits per heavy atom. The van der Waals surface area contributed by atoms with Gasteiger partial charge in [-0.1, -0.05) is 52.8 Å². The van der Waals surface area contributed by atoms with E-state index in [0.717, 1.165) is 11.1 Å². The van der Waals surface area contributed by atoms with Crippen LogP contribution in [0.25, 0.3) is 17.4 Å². The van der Waals surface area contributed by atoms with E-state index in [2.05, 4.69) is 5.32 Å². The van der Waals surface area contributed by atoms with E-state index in [-0.39, 0.29) is 17.0 Å². The number of fused-ring (bicyclic) bond motifs is 1. The maximum atomic E-state index is 14.1. The van der Waals surface area contributed by atoms with E-state index >= 15 is 0 Å². The largest absolute Gasteiger partial charge is 0.497 e. The molecule has 0 bridgehead atoms. The van der Waals surface area contributed by atoms with Gasteiger partial charge in [-0.3, -0.25) is 14.2 Å². The average molecular weight is 654 g/mol. The molecule has 0 unspecified atom stereocenters. The van der Waals surface area contributed by atoms with Crippen LogP contribution < -0.4 is 24.9 Å². The number of rotatable bonds is 7. The number of methoxy groups -OCH3 is 1. The van der Waals surface area contributed by atoms with Crippen LogP contribution in [0.1, 0.15) is 45.8 Å². The molecule has 0 saturated heterocycles. The van der Waals surface area contributed by atoms with Gasteiger partial charge in [-0.05, 0) is 80.4 Å². The number of hydrogen-bond donors (Lipinski definition) is 2. The predicted octanol–water partition coefficient (Wildman–Crippen LogP) is 6.11. The lowest BCUT2D eigenvalue weighted by Crippen LogP contribution is -2.40. The highest BCUT2D eigenvalue weighted by atomic mass is 35.5. The van der Waals surface area contributed by atoms with Gasteiger partial charge in [0, 0.05) is 17.3 Å². The first kappa shape index (κ1) is 30.8. The van der Waals surface area contributed by atoms with Crippen LogP contribution in [0.4, 0.5) is 5.69 Å². The lowest BCUT2D eigenvalue weighted by molar-refractivity contribution is -0.113. The van der Waals surface area contributed by atoms with Crippen molar-refractivity contribution in [3.63, 3.8) is 0 Å². The number of thiazole rings is 1. The molecule has 232 valence electrons. The number of ether oxygens (including phenoxy) is 1. The van der Waals surface area contributed by atoms with Crippen LogP contribution in [0.5, 0.6) is 5.75 Å². The third-order valence-electron chi connectivity index (χ3n) is 7.71. The molecule has 9 nitrogen and oxygen atoms in total. The summed E-state index contributed by atoms with van der Waals surface area (Å²) in [7, 11) is 1.57. The van der Waals surface area contributed by atoms with Crippen LogP contribution in [-0.2, 0) is 4.79 Å². The Morgan fingerprint density at radius 1 is 1.04 bits per heavy atom. The molecule has 1 atom stereocenters. The van der Waals surface area contributed by atoms with E-state index in [1.54, 1.807) is 44.4 Å². The van der Waals surface area contributed by atoms with Crippen LogP contribution >= 0.6 is 22.9 Å². The summed E-state index contributed by atoms with van der Waals surface area (Å²) >= 11 is 7.52. The topological polar surface area (TPSA) is 123 Å². The van der Waals surface area contributed by atoms with E-state index in [0.29, 0.717) is 59.7 Å². The lowest BCUT2D eigenvalue weighted by atomic mass is 9.95. The second kappa shape index (κ2) is 12.3. The quantitative estimate of drug-likeness (QED) is 0.219. The van der Waals surface area contributed by atoms with Crippen LogP contribution in [0.2, 0.25) is 5.02 Å². The summed E-state index contributed by atoms with van der Waals surface area (Å²) in [4.78, 5) is 44.6. The van der Waals surface area contributed by atoms with Gasteiger partial charge in [0.25, 0.3) is 11.5 Å². The Morgan fingerprint density at radius 3 is 2.50 bits per heavy atom. The number of carbonyl (C=O) groups is 2. The number of anilines is 1. The zero-order valence-electron chi connectivity index (χ0n) is 25.3. The number of aromatic nitrogens is 1. The molecule has 0 spiro atoms. The monoisotopic (exact) mass is 653 g/mol. The molecule has 0 fully saturated rings. The van der Waals surface area contributed by atoms with Crippen LogP contribution in [0, 0.1) is 13.8 Å². The van der Waals surface area contributed by atoms with Crippen molar-refractivity contribution in [1.29, 1.82) is 0 Å². The maximum Gasteiger partial charge on any atom is 0.335 e. The number of furan rings is 1. The van der Waals surface area contributed by atoms with Gasteiger partial charge in [-0.2, -0.15) is 0 Å². The first-order chi connectivity index (χ1) is 22.0. The van der Waals surface area contributed by atoms with Gasteiger partial charge >= 0.3 is 5.97 Å². The number of benzene rings is 3. The number of aryl methyl sites for hydroxylation is 2. The van der Waals surface area contributed by atoms with Crippen molar-refractivity contribution in [2.24, 2.45) is 4.99 Å². The Labute approximate surface area is 272 Å². The first-order valence-corrected chi connectivity index (χ1v) is 15.4. The molecule has 1 amide bonds. The molecule has 0 aliphatic carbocycles. The van der Waals surface area contributed by atoms with Crippen molar-refractivity contribution in [1.82, 2.24) is 4.57 Å². The summed E-state index contributed by atoms with van der Waals surface area (Å²) in [5.74, 6) is -0.0965. The van der Waals surface area contributed by atoms with Crippen LogP contribution in [0.15, 0.2) is 98.3 Å². The Kier molecular flexibility index (Phi) is 8.24. The van der Waals surface area contributed by atoms with Gasteiger partial charge in [0.2, 0.25) is 0 Å². The molecule has 1 aliphatic rings. The Balaban J connectivity index is 1.44. The second-order valence-electron chi connectivity index (χ2n) is 10.8. The SMILES string of the molecule is COc1ccc([C@@H]2C(C(=O)Nc3ccc(C)cc3C)=C(C)N=c3s/c(=C/c4ccc(-c5cc(C(=O)O)ccc5Cl)o4)c(=O)n32)cc1. The standard InChI is InChI=1S/C35H28ClN3O6S/c1-18-5-13-27(19(2)15-18)38-32(40)30-20(3)37-35-39(31(30)21-6-9-23(44-4)10-7-21)33(41)29(46-35)17-24-11-14-28(45-24)25-16-22(34(42)43)8-12-26(25)36/h5-17,31H,1-4H3,(H,38,40)(H,42,43)/b29-17+/t31-/m1/s1. The lowest BCUT2D eigenvalue weighted by Gasteiger charge is -2.25. The van der Waals surface area contributed by atoms with E-state index in [1.807, 2.05) is 44.2 Å². The molecular weight excluding hydrogens is 626 g/mol. The molecule has 5 aromatic rings. The number of carboxylic acid groups (broad SMARTS) is 1. The number of hydrogen-bond acceptors (Lipinski definition) is 7. The minimum atomic E-state index is -1.09. The van der Waals surface area contributed by atoms with Gasteiger partial charge in [-0.15, -0.1) is 0 Å². The Hall–Kier alpha value is -5.19. The molecule has 0 radical (unpaired) electrons. The van der Waals surface area contributed by atoms with E-state index in [1.165, 1.54) is 34.1 Å². The third kappa shape index (κ3) is 5.80. The zero-order valence-corrected chi connectivity index (χ0v) is 26.8. The van der Waals surface area contributed by atoms with Crippen molar-refractivity contribution in [2.45, 2.75) is 26.8 Å². The number of nitrogens with one attached hydrogen (secondary N) is 1. The highest BCUT2D eigenvalue weighted by Gasteiger charge is 2.33. The number of carbonyl (C=O) groups excluding carboxylic acids is 1. The van der Waals surface area contributed by atoms with E-state index < -0.39 is 12.0 Å². The van der Waals surface area contributed by atoms with Crippen molar-refractivity contribution in [3.8, 4) is 17.1 Å². The fourth-order valence-corrected chi connectivity index (χ4v) is 6.65. The number of allylic oxidation sites excluding steroid dienone is 1. The first-order valence-electron chi connectivity index (χ1n) is 14.2. The fraction of sp³-hybridized carbons (Fsp3) is 0.143. The summed E-state index contributed by atoms with van der Waals surface area (Å²) < 4.78 is 13.2. The summed E-state index contributed by atoms with van der Waals surface area (Å²) in [6, 6.07) is 19.9. The van der Waals surface area contributed by atoms with Crippen molar-refractivity contribution in [2.75, 3.05) is 12.4 Å². The van der Waals surface area contributed by atoms with Crippen LogP contribution in [-0.4, -0.2) is 28.7 Å². The van der Waals surface area contributed by atoms with E-state index in [4.69, 9.17) is 25.7 Å². The van der Waals surface area contributed by atoms with Gasteiger partial charge in [0.1, 0.15) is 17.3 Å². The molecule has 0 saturated carbocycles. The second-order valence-corrected chi connectivity index (χ2v) is 12.2. The third-order valence-corrected chi connectivity index (χ3v) is 9.02. The normalized spacial score (nSPS) is 14.5. The molecule has 11 heteroatoms. The number of halogens is 1. The average Bonchev–Trinajstić information content (AvgIpc) is 3.61. The minimum Gasteiger partial charge on any atom is -0.497 e. The maximum absolute atomic E-state index is 14.1. The van der Waals surface area contributed by atoms with Crippen LogP contribution in [0.3, 0.4) is 0 Å². The molecule has 46 heavy (non-hydrogen) atoms. The number of nitrogens with zero attached hydrogens (tertiary/aromatic N) is 2. The Bertz CT molecular complexity index is 2240. The summed E-state index contributed by atoms with van der Waals surface area (Å²) in [6.07, 6.45) is 1.60.